The van der Waals surface area contributed by atoms with Crippen LogP contribution in [0, 0.1) is 0 Å². The van der Waals surface area contributed by atoms with E-state index in [2.05, 4.69) is 25.3 Å². The van der Waals surface area contributed by atoms with Crippen LogP contribution in [0.5, 0.6) is 0 Å². The maximum atomic E-state index is 12.1. The van der Waals surface area contributed by atoms with Crippen LogP contribution in [0.25, 0.3) is 4.96 Å². The van der Waals surface area contributed by atoms with E-state index >= 15 is 0 Å². The topological polar surface area (TPSA) is 115 Å². The predicted octanol–water partition coefficient (Wildman–Crippen LogP) is 1.27. The minimum atomic E-state index is -0.173. The Morgan fingerprint density at radius 1 is 1.48 bits per heavy atom. The van der Waals surface area contributed by atoms with Gasteiger partial charge in [0.05, 0.1) is 5.69 Å². The lowest BCUT2D eigenvalue weighted by Gasteiger charge is -1.97. The van der Waals surface area contributed by atoms with Crippen molar-refractivity contribution in [1.82, 2.24) is 29.8 Å². The Bertz CT molecular complexity index is 835. The van der Waals surface area contributed by atoms with Crippen LogP contribution in [0.2, 0.25) is 0 Å². The van der Waals surface area contributed by atoms with Crippen LogP contribution in [0.1, 0.15) is 30.5 Å². The average Bonchev–Trinajstić information content (AvgIpc) is 3.03. The molecule has 0 saturated carbocycles. The van der Waals surface area contributed by atoms with Gasteiger partial charge >= 0.3 is 0 Å². The second-order valence-corrected chi connectivity index (χ2v) is 6.60. The Morgan fingerprint density at radius 3 is 2.95 bits per heavy atom. The number of thioether (sulfide) groups is 1. The third-order valence-corrected chi connectivity index (χ3v) is 4.73. The van der Waals surface area contributed by atoms with Crippen LogP contribution >= 0.6 is 23.1 Å². The van der Waals surface area contributed by atoms with Gasteiger partial charge in [0.15, 0.2) is 0 Å². The molecule has 0 radical (unpaired) electrons. The molecule has 3 rings (SSSR count). The Labute approximate surface area is 127 Å². The summed E-state index contributed by atoms with van der Waals surface area (Å²) < 4.78 is 1.35. The molecule has 10 heteroatoms. The number of nitrogens with one attached hydrogen (secondary N) is 1. The summed E-state index contributed by atoms with van der Waals surface area (Å²) in [5, 5.41) is 12.2. The molecule has 0 spiro atoms. The standard InChI is InChI=1S/C11H13N7OS2/c1-5(2)8-17-18-7(19)3-6(13-11(18)21-8)4-20-10-14-9(12)15-16-10/h3,5H,4H2,1-2H3,(H3,12,14,15,16). The van der Waals surface area contributed by atoms with E-state index in [4.69, 9.17) is 5.73 Å². The first-order valence-electron chi connectivity index (χ1n) is 6.23. The summed E-state index contributed by atoms with van der Waals surface area (Å²) in [5.41, 5.74) is 5.96. The molecule has 0 amide bonds. The lowest BCUT2D eigenvalue weighted by Crippen LogP contribution is -2.15. The molecule has 21 heavy (non-hydrogen) atoms. The predicted molar refractivity (Wildman–Crippen MR) is 81.6 cm³/mol. The van der Waals surface area contributed by atoms with Crippen molar-refractivity contribution in [3.63, 3.8) is 0 Å². The third kappa shape index (κ3) is 2.90. The summed E-state index contributed by atoms with van der Waals surface area (Å²) in [5.74, 6) is 1.04. The zero-order valence-corrected chi connectivity index (χ0v) is 13.0. The number of hydrogen-bond donors (Lipinski definition) is 2. The fourth-order valence-corrected chi connectivity index (χ4v) is 3.26. The first kappa shape index (κ1) is 14.0. The lowest BCUT2D eigenvalue weighted by molar-refractivity contribution is 0.782. The van der Waals surface area contributed by atoms with Gasteiger partial charge in [0, 0.05) is 17.7 Å². The second-order valence-electron chi connectivity index (χ2n) is 4.67. The maximum absolute atomic E-state index is 12.1. The number of anilines is 1. The molecule has 0 unspecified atom stereocenters. The fourth-order valence-electron chi connectivity index (χ4n) is 1.64. The Morgan fingerprint density at radius 2 is 2.29 bits per heavy atom. The van der Waals surface area contributed by atoms with Crippen molar-refractivity contribution in [1.29, 1.82) is 0 Å². The van der Waals surface area contributed by atoms with Gasteiger partial charge in [-0.25, -0.2) is 10.1 Å². The van der Waals surface area contributed by atoms with Gasteiger partial charge in [-0.05, 0) is 0 Å². The molecule has 0 aromatic carbocycles. The number of aromatic nitrogens is 6. The number of rotatable bonds is 4. The SMILES string of the molecule is CC(C)c1nn2c(=O)cc(CSc3n[nH]c(N)n3)nc2s1. The van der Waals surface area contributed by atoms with E-state index in [9.17, 15) is 4.79 Å². The molecule has 0 bridgehead atoms. The number of hydrogen-bond acceptors (Lipinski definition) is 8. The summed E-state index contributed by atoms with van der Waals surface area (Å²) in [7, 11) is 0. The van der Waals surface area contributed by atoms with Crippen molar-refractivity contribution in [2.24, 2.45) is 0 Å². The van der Waals surface area contributed by atoms with Crippen LogP contribution in [0.4, 0.5) is 5.95 Å². The van der Waals surface area contributed by atoms with Gasteiger partial charge in [-0.2, -0.15) is 14.6 Å². The van der Waals surface area contributed by atoms with Gasteiger partial charge in [-0.15, -0.1) is 5.10 Å². The highest BCUT2D eigenvalue weighted by molar-refractivity contribution is 7.98. The summed E-state index contributed by atoms with van der Waals surface area (Å²) >= 11 is 2.80. The van der Waals surface area contributed by atoms with E-state index in [0.717, 1.165) is 5.01 Å². The van der Waals surface area contributed by atoms with Gasteiger partial charge < -0.3 is 5.73 Å². The van der Waals surface area contributed by atoms with Gasteiger partial charge in [-0.1, -0.05) is 36.9 Å². The molecule has 3 aromatic heterocycles. The van der Waals surface area contributed by atoms with E-state index in [1.165, 1.54) is 33.7 Å². The molecule has 0 saturated heterocycles. The Kier molecular flexibility index (Phi) is 3.64. The number of fused-ring (bicyclic) bond motifs is 1. The molecule has 3 heterocycles. The highest BCUT2D eigenvalue weighted by Crippen LogP contribution is 2.22. The number of nitrogen functional groups attached to an aromatic ring is 1. The summed E-state index contributed by atoms with van der Waals surface area (Å²) in [6.45, 7) is 4.07. The minimum Gasteiger partial charge on any atom is -0.368 e. The Hall–Kier alpha value is -1.94. The minimum absolute atomic E-state index is 0.173. The van der Waals surface area contributed by atoms with Crippen LogP contribution in [0.3, 0.4) is 0 Å². The average molecular weight is 323 g/mol. The second kappa shape index (κ2) is 5.45. The highest BCUT2D eigenvalue weighted by Gasteiger charge is 2.12. The molecule has 0 atom stereocenters. The van der Waals surface area contributed by atoms with Crippen molar-refractivity contribution in [2.75, 3.05) is 5.73 Å². The van der Waals surface area contributed by atoms with Crippen molar-refractivity contribution in [3.8, 4) is 0 Å². The normalized spacial score (nSPS) is 11.6. The van der Waals surface area contributed by atoms with Crippen LogP contribution < -0.4 is 11.3 Å². The molecule has 8 nitrogen and oxygen atoms in total. The van der Waals surface area contributed by atoms with E-state index in [-0.39, 0.29) is 17.4 Å². The van der Waals surface area contributed by atoms with Gasteiger partial charge in [-0.3, -0.25) is 4.79 Å². The van der Waals surface area contributed by atoms with E-state index < -0.39 is 0 Å². The zero-order valence-electron chi connectivity index (χ0n) is 11.4. The van der Waals surface area contributed by atoms with Gasteiger partial charge in [0.1, 0.15) is 5.01 Å². The number of nitrogens with zero attached hydrogens (tertiary/aromatic N) is 5. The Balaban J connectivity index is 1.87. The van der Waals surface area contributed by atoms with E-state index in [1.807, 2.05) is 13.8 Å². The fraction of sp³-hybridized carbons (Fsp3) is 0.364. The van der Waals surface area contributed by atoms with Crippen LogP contribution in [0.15, 0.2) is 16.0 Å². The van der Waals surface area contributed by atoms with Gasteiger partial charge in [0.25, 0.3) is 5.56 Å². The molecule has 110 valence electrons. The molecule has 0 aliphatic heterocycles. The highest BCUT2D eigenvalue weighted by atomic mass is 32.2. The van der Waals surface area contributed by atoms with E-state index in [0.29, 0.717) is 21.6 Å². The monoisotopic (exact) mass is 323 g/mol. The summed E-state index contributed by atoms with van der Waals surface area (Å²) in [6, 6.07) is 1.49. The van der Waals surface area contributed by atoms with Gasteiger partial charge in [0.2, 0.25) is 16.1 Å². The number of aromatic amines is 1. The molecule has 0 aliphatic rings. The summed E-state index contributed by atoms with van der Waals surface area (Å²) in [4.78, 5) is 21.1. The summed E-state index contributed by atoms with van der Waals surface area (Å²) in [6.07, 6.45) is 0. The number of nitrogens with two attached hydrogens (primary N) is 1. The first-order valence-corrected chi connectivity index (χ1v) is 8.03. The van der Waals surface area contributed by atoms with Crippen LogP contribution in [-0.2, 0) is 5.75 Å². The smallest absolute Gasteiger partial charge is 0.275 e. The quantitative estimate of drug-likeness (QED) is 0.695. The first-order chi connectivity index (χ1) is 10.0. The molecule has 3 aromatic rings. The maximum Gasteiger partial charge on any atom is 0.275 e. The van der Waals surface area contributed by atoms with E-state index in [1.54, 1.807) is 0 Å². The largest absolute Gasteiger partial charge is 0.368 e. The molecular formula is C11H13N7OS2. The molecular weight excluding hydrogens is 310 g/mol. The number of H-pyrrole nitrogens is 1. The third-order valence-electron chi connectivity index (χ3n) is 2.64. The van der Waals surface area contributed by atoms with Crippen molar-refractivity contribution < 1.29 is 0 Å². The molecule has 3 N–H and O–H groups in total. The molecule has 0 aliphatic carbocycles. The van der Waals surface area contributed by atoms with Crippen molar-refractivity contribution >= 4 is 34.0 Å². The van der Waals surface area contributed by atoms with Crippen LogP contribution in [-0.4, -0.2) is 29.8 Å². The van der Waals surface area contributed by atoms with Crippen molar-refractivity contribution in [3.05, 3.63) is 27.1 Å². The lowest BCUT2D eigenvalue weighted by atomic mass is 10.2. The van der Waals surface area contributed by atoms with Crippen molar-refractivity contribution in [2.45, 2.75) is 30.7 Å². The molecule has 0 fully saturated rings. The zero-order chi connectivity index (χ0) is 15.0.